The van der Waals surface area contributed by atoms with E-state index in [1.165, 1.54) is 11.3 Å². The van der Waals surface area contributed by atoms with Gasteiger partial charge < -0.3 is 9.47 Å². The van der Waals surface area contributed by atoms with Gasteiger partial charge in [0.05, 0.1) is 15.9 Å². The van der Waals surface area contributed by atoms with Crippen LogP contribution in [0, 0.1) is 0 Å². The molecule has 0 saturated carbocycles. The molecule has 0 bridgehead atoms. The molecule has 1 amide bonds. The molecule has 5 rings (SSSR count). The summed E-state index contributed by atoms with van der Waals surface area (Å²) in [6.45, 7) is 1.07. The average Bonchev–Trinajstić information content (AvgIpc) is 3.35. The van der Waals surface area contributed by atoms with Crippen molar-refractivity contribution >= 4 is 32.6 Å². The molecule has 1 aliphatic heterocycles. The van der Waals surface area contributed by atoms with Crippen LogP contribution in [-0.2, 0) is 0 Å². The molecule has 0 saturated heterocycles. The van der Waals surface area contributed by atoms with E-state index in [1.807, 2.05) is 36.5 Å². The number of carbonyl (C=O) groups excluding carboxylic acids is 1. The van der Waals surface area contributed by atoms with E-state index in [4.69, 9.17) is 9.47 Å². The van der Waals surface area contributed by atoms with Crippen LogP contribution < -0.4 is 14.8 Å². The van der Waals surface area contributed by atoms with Crippen LogP contribution in [-0.4, -0.2) is 33.9 Å². The lowest BCUT2D eigenvalue weighted by Crippen LogP contribution is -2.15. The number of carbonyl (C=O) groups is 1. The third kappa shape index (κ3) is 3.00. The number of fused-ring (bicyclic) bond motifs is 2. The summed E-state index contributed by atoms with van der Waals surface area (Å²) in [4.78, 5) is 17.0. The lowest BCUT2D eigenvalue weighted by molar-refractivity contribution is 0.102. The molecule has 7 nitrogen and oxygen atoms in total. The number of thiazole rings is 1. The van der Waals surface area contributed by atoms with E-state index in [1.54, 1.807) is 23.0 Å². The van der Waals surface area contributed by atoms with Crippen molar-refractivity contribution in [3.8, 4) is 17.2 Å². The van der Waals surface area contributed by atoms with E-state index in [0.717, 1.165) is 15.9 Å². The highest BCUT2D eigenvalue weighted by atomic mass is 32.1. The lowest BCUT2D eigenvalue weighted by Gasteiger charge is -2.17. The highest BCUT2D eigenvalue weighted by Crippen LogP contribution is 2.37. The van der Waals surface area contributed by atoms with Gasteiger partial charge in [-0.3, -0.25) is 10.1 Å². The van der Waals surface area contributed by atoms with Crippen LogP contribution in [0.1, 0.15) is 10.4 Å². The van der Waals surface area contributed by atoms with Gasteiger partial charge in [0.1, 0.15) is 13.2 Å². The third-order valence-electron chi connectivity index (χ3n) is 4.17. The van der Waals surface area contributed by atoms with Gasteiger partial charge in [-0.25, -0.2) is 9.67 Å². The van der Waals surface area contributed by atoms with Gasteiger partial charge in [0, 0.05) is 30.1 Å². The summed E-state index contributed by atoms with van der Waals surface area (Å²) in [5.41, 5.74) is 2.21. The van der Waals surface area contributed by atoms with Crippen molar-refractivity contribution in [3.05, 3.63) is 60.4 Å². The molecule has 134 valence electrons. The summed E-state index contributed by atoms with van der Waals surface area (Å²) in [5, 5.41) is 7.57. The topological polar surface area (TPSA) is 78.3 Å². The molecule has 0 unspecified atom stereocenters. The maximum absolute atomic E-state index is 12.5. The van der Waals surface area contributed by atoms with E-state index in [0.29, 0.717) is 35.4 Å². The lowest BCUT2D eigenvalue weighted by atomic mass is 10.2. The van der Waals surface area contributed by atoms with Crippen LogP contribution in [0.4, 0.5) is 5.13 Å². The van der Waals surface area contributed by atoms with Gasteiger partial charge in [0.25, 0.3) is 5.91 Å². The number of nitrogens with one attached hydrogen (secondary N) is 1. The molecule has 4 aromatic rings. The molecule has 1 N–H and O–H groups in total. The predicted octanol–water partition coefficient (Wildman–Crippen LogP) is 3.51. The molecular formula is C19H14N4O3S. The van der Waals surface area contributed by atoms with Gasteiger partial charge in [-0.05, 0) is 30.3 Å². The molecule has 0 spiro atoms. The highest BCUT2D eigenvalue weighted by Gasteiger charge is 2.16. The Bertz CT molecular complexity index is 1080. The number of hydrogen-bond donors (Lipinski definition) is 1. The maximum Gasteiger partial charge on any atom is 0.257 e. The summed E-state index contributed by atoms with van der Waals surface area (Å²) in [6.07, 6.45) is 3.56. The van der Waals surface area contributed by atoms with E-state index < -0.39 is 0 Å². The van der Waals surface area contributed by atoms with Crippen LogP contribution in [0.15, 0.2) is 54.9 Å². The van der Waals surface area contributed by atoms with Crippen LogP contribution >= 0.6 is 11.3 Å². The number of benzene rings is 2. The van der Waals surface area contributed by atoms with Gasteiger partial charge in [0.2, 0.25) is 0 Å². The number of hydrogen-bond acceptors (Lipinski definition) is 6. The standard InChI is InChI=1S/C19H14N4O3S/c24-18(12-2-4-13(5-3-12)23-7-1-6-20-23)22-19-21-14-10-15-16(11-17(14)27-19)26-9-8-25-15/h1-7,10-11H,8-9H2,(H,21,22,24). The molecule has 2 aromatic carbocycles. The van der Waals surface area contributed by atoms with Crippen LogP contribution in [0.5, 0.6) is 11.5 Å². The zero-order valence-electron chi connectivity index (χ0n) is 14.1. The molecular weight excluding hydrogens is 364 g/mol. The Balaban J connectivity index is 1.37. The largest absolute Gasteiger partial charge is 0.486 e. The smallest absolute Gasteiger partial charge is 0.257 e. The summed E-state index contributed by atoms with van der Waals surface area (Å²) in [6, 6.07) is 12.8. The third-order valence-corrected chi connectivity index (χ3v) is 5.10. The first-order valence-corrected chi connectivity index (χ1v) is 9.19. The number of anilines is 1. The molecule has 0 atom stereocenters. The van der Waals surface area contributed by atoms with Gasteiger partial charge in [-0.1, -0.05) is 11.3 Å². The fourth-order valence-electron chi connectivity index (χ4n) is 2.87. The second-order valence-electron chi connectivity index (χ2n) is 5.93. The molecule has 8 heteroatoms. The minimum Gasteiger partial charge on any atom is -0.486 e. The van der Waals surface area contributed by atoms with Crippen LogP contribution in [0.3, 0.4) is 0 Å². The monoisotopic (exact) mass is 378 g/mol. The molecule has 3 heterocycles. The van der Waals surface area contributed by atoms with Crippen molar-refractivity contribution in [3.63, 3.8) is 0 Å². The van der Waals surface area contributed by atoms with E-state index in [2.05, 4.69) is 15.4 Å². The Morgan fingerprint density at radius 3 is 2.63 bits per heavy atom. The van der Waals surface area contributed by atoms with Gasteiger partial charge in [-0.15, -0.1) is 0 Å². The van der Waals surface area contributed by atoms with Gasteiger partial charge >= 0.3 is 0 Å². The number of amides is 1. The molecule has 1 aliphatic rings. The first kappa shape index (κ1) is 15.8. The molecule has 0 radical (unpaired) electrons. The van der Waals surface area contributed by atoms with Crippen LogP contribution in [0.2, 0.25) is 0 Å². The normalized spacial score (nSPS) is 12.9. The average molecular weight is 378 g/mol. The fourth-order valence-corrected chi connectivity index (χ4v) is 3.75. The summed E-state index contributed by atoms with van der Waals surface area (Å²) in [5.74, 6) is 1.19. The van der Waals surface area contributed by atoms with Crippen molar-refractivity contribution in [2.75, 3.05) is 18.5 Å². The molecule has 2 aromatic heterocycles. The van der Waals surface area contributed by atoms with E-state index in [-0.39, 0.29) is 5.91 Å². The number of ether oxygens (including phenoxy) is 2. The van der Waals surface area contributed by atoms with Crippen molar-refractivity contribution in [1.29, 1.82) is 0 Å². The van der Waals surface area contributed by atoms with Crippen molar-refractivity contribution < 1.29 is 14.3 Å². The van der Waals surface area contributed by atoms with Crippen molar-refractivity contribution in [2.24, 2.45) is 0 Å². The minimum absolute atomic E-state index is 0.210. The number of aromatic nitrogens is 3. The van der Waals surface area contributed by atoms with Crippen molar-refractivity contribution in [1.82, 2.24) is 14.8 Å². The first-order chi connectivity index (χ1) is 13.3. The summed E-state index contributed by atoms with van der Waals surface area (Å²) in [7, 11) is 0. The zero-order chi connectivity index (χ0) is 18.2. The molecule has 0 aliphatic carbocycles. The fraction of sp³-hybridized carbons (Fsp3) is 0.105. The number of nitrogens with zero attached hydrogens (tertiary/aromatic N) is 3. The Morgan fingerprint density at radius 1 is 1.11 bits per heavy atom. The SMILES string of the molecule is O=C(Nc1nc2cc3c(cc2s1)OCCO3)c1ccc(-n2cccn2)cc1. The second-order valence-corrected chi connectivity index (χ2v) is 6.96. The Morgan fingerprint density at radius 2 is 1.89 bits per heavy atom. The summed E-state index contributed by atoms with van der Waals surface area (Å²) >= 11 is 1.40. The predicted molar refractivity (Wildman–Crippen MR) is 102 cm³/mol. The quantitative estimate of drug-likeness (QED) is 0.590. The van der Waals surface area contributed by atoms with Crippen molar-refractivity contribution in [2.45, 2.75) is 0 Å². The Labute approximate surface area is 158 Å². The van der Waals surface area contributed by atoms with Crippen LogP contribution in [0.25, 0.3) is 15.9 Å². The Hall–Kier alpha value is -3.39. The maximum atomic E-state index is 12.5. The number of rotatable bonds is 3. The van der Waals surface area contributed by atoms with Gasteiger partial charge in [-0.2, -0.15) is 5.10 Å². The molecule has 0 fully saturated rings. The zero-order valence-corrected chi connectivity index (χ0v) is 14.9. The second kappa shape index (κ2) is 6.40. The Kier molecular flexibility index (Phi) is 3.75. The first-order valence-electron chi connectivity index (χ1n) is 8.38. The minimum atomic E-state index is -0.210. The summed E-state index contributed by atoms with van der Waals surface area (Å²) < 4.78 is 13.8. The van der Waals surface area contributed by atoms with E-state index >= 15 is 0 Å². The molecule has 27 heavy (non-hydrogen) atoms. The van der Waals surface area contributed by atoms with Gasteiger partial charge in [0.15, 0.2) is 16.6 Å². The highest BCUT2D eigenvalue weighted by molar-refractivity contribution is 7.22. The van der Waals surface area contributed by atoms with E-state index in [9.17, 15) is 4.79 Å².